The van der Waals surface area contributed by atoms with Gasteiger partial charge in [-0.2, -0.15) is 0 Å². The molecule has 0 heterocycles. The molecule has 84 valence electrons. The maximum absolute atomic E-state index is 6.27. The summed E-state index contributed by atoms with van der Waals surface area (Å²) in [5, 5.41) is 0. The molecule has 1 unspecified atom stereocenters. The molecule has 0 aliphatic carbocycles. The van der Waals surface area contributed by atoms with Crippen LogP contribution < -0.4 is 5.73 Å². The molecule has 2 heteroatoms. The molecule has 0 saturated carbocycles. The molecule has 15 heavy (non-hydrogen) atoms. The van der Waals surface area contributed by atoms with Gasteiger partial charge in [-0.15, -0.1) is 0 Å². The fourth-order valence-electron chi connectivity index (χ4n) is 1.57. The molecule has 0 spiro atoms. The number of hydrogen-bond acceptors (Lipinski definition) is 2. The second-order valence-corrected chi connectivity index (χ2v) is 4.23. The van der Waals surface area contributed by atoms with Crippen LogP contribution in [0.2, 0.25) is 0 Å². The number of ether oxygens (including phenoxy) is 1. The lowest BCUT2D eigenvalue weighted by Crippen LogP contribution is -2.34. The van der Waals surface area contributed by atoms with Gasteiger partial charge in [0, 0.05) is 18.8 Å². The Bertz CT molecular complexity index is 307. The van der Waals surface area contributed by atoms with Gasteiger partial charge >= 0.3 is 0 Å². The molecular formula is C13H21NO. The highest BCUT2D eigenvalue weighted by Gasteiger charge is 2.20. The zero-order valence-corrected chi connectivity index (χ0v) is 9.92. The molecule has 1 atom stereocenters. The third kappa shape index (κ3) is 3.65. The number of nitrogens with two attached hydrogens (primary N) is 1. The molecule has 0 aliphatic rings. The quantitative estimate of drug-likeness (QED) is 0.753. The second kappa shape index (κ2) is 5.29. The summed E-state index contributed by atoms with van der Waals surface area (Å²) in [7, 11) is 0. The van der Waals surface area contributed by atoms with E-state index in [4.69, 9.17) is 10.5 Å². The molecular weight excluding hydrogens is 186 g/mol. The summed E-state index contributed by atoms with van der Waals surface area (Å²) in [5.41, 5.74) is 8.41. The molecule has 0 fully saturated rings. The Kier molecular flexibility index (Phi) is 4.30. The highest BCUT2D eigenvalue weighted by molar-refractivity contribution is 5.27. The number of benzene rings is 1. The highest BCUT2D eigenvalue weighted by Crippen LogP contribution is 2.22. The second-order valence-electron chi connectivity index (χ2n) is 4.23. The van der Waals surface area contributed by atoms with E-state index in [1.807, 2.05) is 6.92 Å². The minimum Gasteiger partial charge on any atom is -0.382 e. The number of aryl methyl sites for hydroxylation is 1. The Morgan fingerprint density at radius 1 is 1.40 bits per heavy atom. The fourth-order valence-corrected chi connectivity index (χ4v) is 1.57. The van der Waals surface area contributed by atoms with Crippen molar-refractivity contribution in [1.82, 2.24) is 0 Å². The molecule has 2 N–H and O–H groups in total. The van der Waals surface area contributed by atoms with E-state index in [1.54, 1.807) is 0 Å². The van der Waals surface area contributed by atoms with Gasteiger partial charge in [0.15, 0.2) is 0 Å². The Balaban J connectivity index is 2.67. The summed E-state index contributed by atoms with van der Waals surface area (Å²) >= 11 is 0. The topological polar surface area (TPSA) is 35.2 Å². The molecule has 0 aromatic heterocycles. The molecule has 0 aliphatic heterocycles. The van der Waals surface area contributed by atoms with Crippen LogP contribution in [0.15, 0.2) is 24.3 Å². The zero-order valence-electron chi connectivity index (χ0n) is 9.92. The van der Waals surface area contributed by atoms with Gasteiger partial charge in [0.2, 0.25) is 0 Å². The highest BCUT2D eigenvalue weighted by atomic mass is 16.5. The van der Waals surface area contributed by atoms with Gasteiger partial charge in [-0.1, -0.05) is 29.8 Å². The van der Waals surface area contributed by atoms with Gasteiger partial charge in [0.1, 0.15) is 0 Å². The molecule has 0 amide bonds. The van der Waals surface area contributed by atoms with E-state index in [1.165, 1.54) is 11.1 Å². The third-order valence-corrected chi connectivity index (χ3v) is 2.65. The minimum absolute atomic E-state index is 0.290. The van der Waals surface area contributed by atoms with Crippen molar-refractivity contribution in [3.05, 3.63) is 35.4 Å². The Morgan fingerprint density at radius 2 is 2.13 bits per heavy atom. The monoisotopic (exact) mass is 207 g/mol. The van der Waals surface area contributed by atoms with Crippen molar-refractivity contribution < 1.29 is 4.74 Å². The standard InChI is InChI=1S/C13H21NO/c1-4-15-9-8-13(3,14)12-7-5-6-11(2)10-12/h5-7,10H,4,8-9,14H2,1-3H3. The van der Waals surface area contributed by atoms with Crippen molar-refractivity contribution in [2.45, 2.75) is 32.7 Å². The van der Waals surface area contributed by atoms with E-state index < -0.39 is 0 Å². The summed E-state index contributed by atoms with van der Waals surface area (Å²) in [6.07, 6.45) is 0.851. The first kappa shape index (κ1) is 12.2. The lowest BCUT2D eigenvalue weighted by Gasteiger charge is -2.25. The first-order valence-corrected chi connectivity index (χ1v) is 5.50. The predicted molar refractivity (Wildman–Crippen MR) is 63.8 cm³/mol. The minimum atomic E-state index is -0.290. The average Bonchev–Trinajstić information content (AvgIpc) is 2.18. The number of rotatable bonds is 5. The Labute approximate surface area is 92.4 Å². The Morgan fingerprint density at radius 3 is 2.73 bits per heavy atom. The zero-order chi connectivity index (χ0) is 11.3. The maximum atomic E-state index is 6.27. The molecule has 2 nitrogen and oxygen atoms in total. The van der Waals surface area contributed by atoms with E-state index in [-0.39, 0.29) is 5.54 Å². The van der Waals surface area contributed by atoms with Crippen molar-refractivity contribution in [3.8, 4) is 0 Å². The van der Waals surface area contributed by atoms with Gasteiger partial charge < -0.3 is 10.5 Å². The number of hydrogen-bond donors (Lipinski definition) is 1. The van der Waals surface area contributed by atoms with Crippen molar-refractivity contribution in [1.29, 1.82) is 0 Å². The maximum Gasteiger partial charge on any atom is 0.0486 e. The molecule has 0 saturated heterocycles. The van der Waals surface area contributed by atoms with Gasteiger partial charge in [0.05, 0.1) is 0 Å². The van der Waals surface area contributed by atoms with E-state index in [0.717, 1.165) is 19.6 Å². The van der Waals surface area contributed by atoms with Crippen LogP contribution in [0.5, 0.6) is 0 Å². The van der Waals surface area contributed by atoms with Gasteiger partial charge in [-0.3, -0.25) is 0 Å². The molecule has 0 radical (unpaired) electrons. The lowest BCUT2D eigenvalue weighted by atomic mass is 9.89. The van der Waals surface area contributed by atoms with E-state index >= 15 is 0 Å². The van der Waals surface area contributed by atoms with Crippen LogP contribution >= 0.6 is 0 Å². The molecule has 1 rings (SSSR count). The Hall–Kier alpha value is -0.860. The summed E-state index contributed by atoms with van der Waals surface area (Å²) in [4.78, 5) is 0. The van der Waals surface area contributed by atoms with Crippen LogP contribution in [0.25, 0.3) is 0 Å². The van der Waals surface area contributed by atoms with Crippen LogP contribution in [-0.2, 0) is 10.3 Å². The van der Waals surface area contributed by atoms with Crippen molar-refractivity contribution in [3.63, 3.8) is 0 Å². The van der Waals surface area contributed by atoms with Crippen molar-refractivity contribution >= 4 is 0 Å². The smallest absolute Gasteiger partial charge is 0.0486 e. The first-order valence-electron chi connectivity index (χ1n) is 5.50. The summed E-state index contributed by atoms with van der Waals surface area (Å²) < 4.78 is 5.34. The van der Waals surface area contributed by atoms with Crippen LogP contribution in [0.1, 0.15) is 31.4 Å². The van der Waals surface area contributed by atoms with Gasteiger partial charge in [0.25, 0.3) is 0 Å². The van der Waals surface area contributed by atoms with Gasteiger partial charge in [-0.25, -0.2) is 0 Å². The largest absolute Gasteiger partial charge is 0.382 e. The first-order chi connectivity index (χ1) is 7.06. The summed E-state index contributed by atoms with van der Waals surface area (Å²) in [6, 6.07) is 8.36. The van der Waals surface area contributed by atoms with E-state index in [9.17, 15) is 0 Å². The fraction of sp³-hybridized carbons (Fsp3) is 0.538. The normalized spacial score (nSPS) is 14.9. The molecule has 1 aromatic rings. The molecule has 0 bridgehead atoms. The summed E-state index contributed by atoms with van der Waals surface area (Å²) in [5.74, 6) is 0. The van der Waals surface area contributed by atoms with Crippen LogP contribution in [0.4, 0.5) is 0 Å². The lowest BCUT2D eigenvalue weighted by molar-refractivity contribution is 0.128. The van der Waals surface area contributed by atoms with E-state index in [0.29, 0.717) is 0 Å². The third-order valence-electron chi connectivity index (χ3n) is 2.65. The summed E-state index contributed by atoms with van der Waals surface area (Å²) in [6.45, 7) is 7.62. The van der Waals surface area contributed by atoms with Crippen molar-refractivity contribution in [2.24, 2.45) is 5.73 Å². The van der Waals surface area contributed by atoms with Crippen LogP contribution in [0, 0.1) is 6.92 Å². The SMILES string of the molecule is CCOCCC(C)(N)c1cccc(C)c1. The van der Waals surface area contributed by atoms with Crippen molar-refractivity contribution in [2.75, 3.05) is 13.2 Å². The predicted octanol–water partition coefficient (Wildman–Crippen LogP) is 2.60. The van der Waals surface area contributed by atoms with Crippen LogP contribution in [0.3, 0.4) is 0 Å². The van der Waals surface area contributed by atoms with E-state index in [2.05, 4.69) is 38.1 Å². The van der Waals surface area contributed by atoms with Crippen LogP contribution in [-0.4, -0.2) is 13.2 Å². The van der Waals surface area contributed by atoms with Gasteiger partial charge in [-0.05, 0) is 32.8 Å². The average molecular weight is 207 g/mol. The molecule has 1 aromatic carbocycles.